The van der Waals surface area contributed by atoms with E-state index >= 15 is 0 Å². The first-order valence-electron chi connectivity index (χ1n) is 5.60. The second-order valence-electron chi connectivity index (χ2n) is 4.25. The molecule has 2 rings (SSSR count). The fourth-order valence-corrected chi connectivity index (χ4v) is 2.25. The molecule has 1 atom stereocenters. The number of nitrogens with one attached hydrogen (secondary N) is 2. The first-order valence-corrected chi connectivity index (χ1v) is 7.15. The average molecular weight is 256 g/mol. The quantitative estimate of drug-likeness (QED) is 0.767. The molecule has 94 valence electrons. The van der Waals surface area contributed by atoms with Crippen molar-refractivity contribution >= 4 is 15.8 Å². The van der Waals surface area contributed by atoms with Crippen LogP contribution in [0.5, 0.6) is 0 Å². The third kappa shape index (κ3) is 3.64. The fraction of sp³-hybridized carbons (Fsp3) is 0.600. The van der Waals surface area contributed by atoms with Gasteiger partial charge < -0.3 is 5.32 Å². The summed E-state index contributed by atoms with van der Waals surface area (Å²) >= 11 is 0. The summed E-state index contributed by atoms with van der Waals surface area (Å²) in [6.07, 6.45) is 3.78. The van der Waals surface area contributed by atoms with Crippen molar-refractivity contribution < 1.29 is 8.42 Å². The number of hydrogen-bond acceptors (Lipinski definition) is 5. The van der Waals surface area contributed by atoms with Crippen LogP contribution in [0, 0.1) is 0 Å². The van der Waals surface area contributed by atoms with Crippen molar-refractivity contribution in [1.29, 1.82) is 0 Å². The normalized spacial score (nSPS) is 17.7. The number of sulfonamides is 1. The van der Waals surface area contributed by atoms with Gasteiger partial charge in [-0.05, 0) is 31.9 Å². The summed E-state index contributed by atoms with van der Waals surface area (Å²) < 4.78 is 26.2. The standard InChI is InChI=1S/C10H16N4O2S/c1-8(7-11-9-4-5-9)17(15,16)14-10-3-2-6-12-13-10/h2-3,6,8-9,11H,4-5,7H2,1H3,(H,13,14). The Morgan fingerprint density at radius 2 is 2.29 bits per heavy atom. The van der Waals surface area contributed by atoms with Crippen LogP contribution in [0.1, 0.15) is 19.8 Å². The molecule has 0 bridgehead atoms. The Hall–Kier alpha value is -1.21. The summed E-state index contributed by atoms with van der Waals surface area (Å²) in [6.45, 7) is 2.13. The van der Waals surface area contributed by atoms with E-state index in [9.17, 15) is 8.42 Å². The van der Waals surface area contributed by atoms with Crippen molar-refractivity contribution in [2.45, 2.75) is 31.1 Å². The van der Waals surface area contributed by atoms with E-state index in [0.29, 0.717) is 12.6 Å². The molecule has 1 fully saturated rings. The lowest BCUT2D eigenvalue weighted by Gasteiger charge is -2.14. The molecule has 1 unspecified atom stereocenters. The largest absolute Gasteiger partial charge is 0.313 e. The maximum absolute atomic E-state index is 11.9. The molecule has 7 heteroatoms. The van der Waals surface area contributed by atoms with Crippen LogP contribution in [0.3, 0.4) is 0 Å². The molecule has 1 aromatic rings. The van der Waals surface area contributed by atoms with E-state index < -0.39 is 15.3 Å². The van der Waals surface area contributed by atoms with Crippen LogP contribution in [0.15, 0.2) is 18.3 Å². The lowest BCUT2D eigenvalue weighted by Crippen LogP contribution is -2.35. The molecule has 0 aliphatic heterocycles. The van der Waals surface area contributed by atoms with Crippen molar-refractivity contribution in [1.82, 2.24) is 15.5 Å². The number of hydrogen-bond donors (Lipinski definition) is 2. The van der Waals surface area contributed by atoms with Crippen molar-refractivity contribution in [3.63, 3.8) is 0 Å². The monoisotopic (exact) mass is 256 g/mol. The first kappa shape index (κ1) is 12.3. The van der Waals surface area contributed by atoms with E-state index in [1.165, 1.54) is 6.20 Å². The molecule has 1 heterocycles. The van der Waals surface area contributed by atoms with E-state index in [4.69, 9.17) is 0 Å². The summed E-state index contributed by atoms with van der Waals surface area (Å²) in [6, 6.07) is 3.72. The zero-order valence-electron chi connectivity index (χ0n) is 9.63. The van der Waals surface area contributed by atoms with E-state index in [1.807, 2.05) is 0 Å². The average Bonchev–Trinajstić information content (AvgIpc) is 3.10. The van der Waals surface area contributed by atoms with E-state index in [-0.39, 0.29) is 5.82 Å². The van der Waals surface area contributed by atoms with Gasteiger partial charge in [-0.15, -0.1) is 5.10 Å². The first-order chi connectivity index (χ1) is 8.08. The highest BCUT2D eigenvalue weighted by Gasteiger charge is 2.25. The number of anilines is 1. The molecule has 1 aliphatic rings. The van der Waals surface area contributed by atoms with Crippen LogP contribution in [0.25, 0.3) is 0 Å². The summed E-state index contributed by atoms with van der Waals surface area (Å²) in [5, 5.41) is 10.0. The van der Waals surface area contributed by atoms with Gasteiger partial charge in [0.2, 0.25) is 10.0 Å². The molecule has 0 aromatic carbocycles. The van der Waals surface area contributed by atoms with Gasteiger partial charge in [-0.1, -0.05) is 0 Å². The Morgan fingerprint density at radius 3 is 2.88 bits per heavy atom. The highest BCUT2D eigenvalue weighted by molar-refractivity contribution is 7.93. The molecule has 0 saturated heterocycles. The molecule has 1 saturated carbocycles. The van der Waals surface area contributed by atoms with Crippen LogP contribution in [0.2, 0.25) is 0 Å². The topological polar surface area (TPSA) is 84.0 Å². The molecule has 17 heavy (non-hydrogen) atoms. The van der Waals surface area contributed by atoms with Crippen molar-refractivity contribution in [3.8, 4) is 0 Å². The maximum atomic E-state index is 11.9. The summed E-state index contributed by atoms with van der Waals surface area (Å²) in [4.78, 5) is 0. The number of nitrogens with zero attached hydrogens (tertiary/aromatic N) is 2. The highest BCUT2D eigenvalue weighted by Crippen LogP contribution is 2.19. The molecule has 1 aromatic heterocycles. The molecule has 2 N–H and O–H groups in total. The summed E-state index contributed by atoms with van der Waals surface area (Å²) in [5.74, 6) is 0.255. The van der Waals surface area contributed by atoms with Gasteiger partial charge >= 0.3 is 0 Å². The Kier molecular flexibility index (Phi) is 3.58. The fourth-order valence-electron chi connectivity index (χ4n) is 1.33. The SMILES string of the molecule is CC(CNC1CC1)S(=O)(=O)Nc1cccnn1. The predicted octanol–water partition coefficient (Wildman–Crippen LogP) is 0.359. The lowest BCUT2D eigenvalue weighted by molar-refractivity contribution is 0.575. The Balaban J connectivity index is 1.92. The molecule has 1 aliphatic carbocycles. The van der Waals surface area contributed by atoms with Crippen molar-refractivity contribution in [2.24, 2.45) is 0 Å². The number of aromatic nitrogens is 2. The van der Waals surface area contributed by atoms with Crippen LogP contribution >= 0.6 is 0 Å². The van der Waals surface area contributed by atoms with E-state index in [0.717, 1.165) is 12.8 Å². The molecule has 0 spiro atoms. The van der Waals surface area contributed by atoms with Gasteiger partial charge in [-0.2, -0.15) is 5.10 Å². The highest BCUT2D eigenvalue weighted by atomic mass is 32.2. The molecule has 0 amide bonds. The smallest absolute Gasteiger partial charge is 0.237 e. The third-order valence-corrected chi connectivity index (χ3v) is 4.34. The van der Waals surface area contributed by atoms with E-state index in [2.05, 4.69) is 20.2 Å². The minimum absolute atomic E-state index is 0.255. The number of rotatable bonds is 6. The van der Waals surface area contributed by atoms with Crippen LogP contribution in [0.4, 0.5) is 5.82 Å². The van der Waals surface area contributed by atoms with Gasteiger partial charge in [-0.3, -0.25) is 4.72 Å². The third-order valence-electron chi connectivity index (χ3n) is 2.62. The van der Waals surface area contributed by atoms with Gasteiger partial charge in [0, 0.05) is 18.8 Å². The van der Waals surface area contributed by atoms with E-state index in [1.54, 1.807) is 19.1 Å². The Labute approximate surface area is 101 Å². The molecule has 0 radical (unpaired) electrons. The molecular weight excluding hydrogens is 240 g/mol. The van der Waals surface area contributed by atoms with Gasteiger partial charge in [0.05, 0.1) is 5.25 Å². The minimum Gasteiger partial charge on any atom is -0.313 e. The Bertz CT molecular complexity index is 458. The van der Waals surface area contributed by atoms with Gasteiger partial charge in [0.25, 0.3) is 0 Å². The zero-order valence-corrected chi connectivity index (χ0v) is 10.4. The van der Waals surface area contributed by atoms with Gasteiger partial charge in [0.15, 0.2) is 5.82 Å². The van der Waals surface area contributed by atoms with Crippen molar-refractivity contribution in [3.05, 3.63) is 18.3 Å². The zero-order chi connectivity index (χ0) is 12.3. The van der Waals surface area contributed by atoms with Gasteiger partial charge in [0.1, 0.15) is 0 Å². The van der Waals surface area contributed by atoms with Crippen molar-refractivity contribution in [2.75, 3.05) is 11.3 Å². The van der Waals surface area contributed by atoms with Crippen LogP contribution < -0.4 is 10.0 Å². The second kappa shape index (κ2) is 4.97. The summed E-state index contributed by atoms with van der Waals surface area (Å²) in [7, 11) is -3.40. The van der Waals surface area contributed by atoms with Crippen LogP contribution in [-0.4, -0.2) is 36.5 Å². The van der Waals surface area contributed by atoms with Gasteiger partial charge in [-0.25, -0.2) is 8.42 Å². The molecule has 6 nitrogen and oxygen atoms in total. The minimum atomic E-state index is -3.40. The predicted molar refractivity (Wildman–Crippen MR) is 65.1 cm³/mol. The lowest BCUT2D eigenvalue weighted by atomic mass is 10.4. The summed E-state index contributed by atoms with van der Waals surface area (Å²) in [5.41, 5.74) is 0. The second-order valence-corrected chi connectivity index (χ2v) is 6.35. The maximum Gasteiger partial charge on any atom is 0.237 e. The van der Waals surface area contributed by atoms with Crippen LogP contribution in [-0.2, 0) is 10.0 Å². The molecular formula is C10H16N4O2S. The Morgan fingerprint density at radius 1 is 1.53 bits per heavy atom.